The van der Waals surface area contributed by atoms with Gasteiger partial charge in [0.1, 0.15) is 5.75 Å². The lowest BCUT2D eigenvalue weighted by atomic mass is 9.96. The number of phenolic OH excluding ortho intramolecular Hbond substituents is 1. The van der Waals surface area contributed by atoms with Crippen LogP contribution in [0, 0.1) is 0 Å². The zero-order valence-electron chi connectivity index (χ0n) is 14.2. The molecule has 2 heteroatoms. The van der Waals surface area contributed by atoms with Crippen molar-refractivity contribution < 1.29 is 5.11 Å². The minimum Gasteiger partial charge on any atom is -0.508 e. The van der Waals surface area contributed by atoms with Crippen molar-refractivity contribution in [3.05, 3.63) is 96.1 Å². The predicted molar refractivity (Wildman–Crippen MR) is 105 cm³/mol. The van der Waals surface area contributed by atoms with Gasteiger partial charge in [0.25, 0.3) is 0 Å². The van der Waals surface area contributed by atoms with Gasteiger partial charge in [0.05, 0.1) is 11.4 Å². The van der Waals surface area contributed by atoms with Crippen LogP contribution in [0.25, 0.3) is 33.6 Å². The van der Waals surface area contributed by atoms with Gasteiger partial charge in [-0.2, -0.15) is 0 Å². The molecular weight excluding hydrogens is 318 g/mol. The van der Waals surface area contributed by atoms with Gasteiger partial charge in [-0.15, -0.1) is 0 Å². The highest BCUT2D eigenvalue weighted by Crippen LogP contribution is 2.42. The number of benzene rings is 3. The van der Waals surface area contributed by atoms with E-state index in [2.05, 4.69) is 54.6 Å². The highest BCUT2D eigenvalue weighted by atomic mass is 16.3. The summed E-state index contributed by atoms with van der Waals surface area (Å²) in [5, 5.41) is 9.88. The monoisotopic (exact) mass is 335 g/mol. The van der Waals surface area contributed by atoms with Crippen molar-refractivity contribution in [3.8, 4) is 39.4 Å². The summed E-state index contributed by atoms with van der Waals surface area (Å²) in [4.78, 5) is 4.98. The smallest absolute Gasteiger partial charge is 0.116 e. The molecule has 0 bridgehead atoms. The molecule has 5 rings (SSSR count). The molecule has 3 aromatic carbocycles. The van der Waals surface area contributed by atoms with E-state index in [0.29, 0.717) is 0 Å². The lowest BCUT2D eigenvalue weighted by Gasteiger charge is -2.12. The topological polar surface area (TPSA) is 33.1 Å². The average Bonchev–Trinajstić information content (AvgIpc) is 3.06. The standard InChI is InChI=1S/C24H17NO/c26-19-11-6-10-18(13-19)23-15-21(16-7-2-1-3-8-16)22-14-17-9-4-5-12-20(17)24(22)25-23/h1-13,15,26H,14H2. The van der Waals surface area contributed by atoms with Gasteiger partial charge in [-0.05, 0) is 40.5 Å². The quantitative estimate of drug-likeness (QED) is 0.449. The predicted octanol–water partition coefficient (Wildman–Crippen LogP) is 5.69. The van der Waals surface area contributed by atoms with Gasteiger partial charge in [-0.1, -0.05) is 66.7 Å². The van der Waals surface area contributed by atoms with Crippen molar-refractivity contribution in [2.24, 2.45) is 0 Å². The second-order valence-corrected chi connectivity index (χ2v) is 6.63. The van der Waals surface area contributed by atoms with Crippen LogP contribution in [0.5, 0.6) is 5.75 Å². The molecular formula is C24H17NO. The normalized spacial score (nSPS) is 11.8. The number of rotatable bonds is 2. The third kappa shape index (κ3) is 2.39. The highest BCUT2D eigenvalue weighted by Gasteiger charge is 2.24. The van der Waals surface area contributed by atoms with Crippen LogP contribution >= 0.6 is 0 Å². The van der Waals surface area contributed by atoms with E-state index in [0.717, 1.165) is 23.4 Å². The second kappa shape index (κ2) is 5.85. The first-order valence-corrected chi connectivity index (χ1v) is 8.76. The lowest BCUT2D eigenvalue weighted by Crippen LogP contribution is -1.94. The Hall–Kier alpha value is -3.39. The molecule has 1 heterocycles. The number of phenols is 1. The number of aromatic hydroxyl groups is 1. The molecule has 0 saturated heterocycles. The summed E-state index contributed by atoms with van der Waals surface area (Å²) >= 11 is 0. The molecule has 0 fully saturated rings. The molecule has 0 unspecified atom stereocenters. The summed E-state index contributed by atoms with van der Waals surface area (Å²) in [6.45, 7) is 0. The van der Waals surface area contributed by atoms with Crippen molar-refractivity contribution in [2.75, 3.05) is 0 Å². The van der Waals surface area contributed by atoms with Crippen LogP contribution < -0.4 is 0 Å². The van der Waals surface area contributed by atoms with Crippen LogP contribution in [-0.4, -0.2) is 10.1 Å². The molecule has 1 aliphatic carbocycles. The maximum Gasteiger partial charge on any atom is 0.116 e. The molecule has 0 amide bonds. The number of pyridine rings is 1. The molecule has 1 aromatic heterocycles. The first-order chi connectivity index (χ1) is 12.8. The summed E-state index contributed by atoms with van der Waals surface area (Å²) in [5.41, 5.74) is 9.08. The van der Waals surface area contributed by atoms with Crippen molar-refractivity contribution >= 4 is 0 Å². The molecule has 0 aliphatic heterocycles. The van der Waals surface area contributed by atoms with Gasteiger partial charge >= 0.3 is 0 Å². The van der Waals surface area contributed by atoms with Gasteiger partial charge in [0.15, 0.2) is 0 Å². The van der Waals surface area contributed by atoms with Gasteiger partial charge in [-0.25, -0.2) is 4.98 Å². The van der Waals surface area contributed by atoms with E-state index in [4.69, 9.17) is 4.98 Å². The van der Waals surface area contributed by atoms with E-state index < -0.39 is 0 Å². The molecule has 1 aliphatic rings. The lowest BCUT2D eigenvalue weighted by molar-refractivity contribution is 0.475. The fraction of sp³-hybridized carbons (Fsp3) is 0.0417. The average molecular weight is 335 g/mol. The van der Waals surface area contributed by atoms with Crippen molar-refractivity contribution in [1.29, 1.82) is 0 Å². The zero-order valence-corrected chi connectivity index (χ0v) is 14.2. The largest absolute Gasteiger partial charge is 0.508 e. The molecule has 124 valence electrons. The Kier molecular flexibility index (Phi) is 3.36. The van der Waals surface area contributed by atoms with E-state index in [1.165, 1.54) is 27.8 Å². The van der Waals surface area contributed by atoms with Crippen LogP contribution in [-0.2, 0) is 6.42 Å². The molecule has 0 radical (unpaired) electrons. The summed E-state index contributed by atoms with van der Waals surface area (Å²) in [6.07, 6.45) is 0.906. The molecule has 0 saturated carbocycles. The van der Waals surface area contributed by atoms with Crippen LogP contribution in [0.1, 0.15) is 11.1 Å². The molecule has 26 heavy (non-hydrogen) atoms. The second-order valence-electron chi connectivity index (χ2n) is 6.63. The van der Waals surface area contributed by atoms with Crippen molar-refractivity contribution in [2.45, 2.75) is 6.42 Å². The SMILES string of the molecule is Oc1cccc(-c2cc(-c3ccccc3)c3c(n2)-c2ccccc2C3)c1. The maximum atomic E-state index is 9.88. The summed E-state index contributed by atoms with van der Waals surface area (Å²) in [6, 6.07) is 28.4. The Morgan fingerprint density at radius 3 is 2.31 bits per heavy atom. The Morgan fingerprint density at radius 1 is 0.692 bits per heavy atom. The van der Waals surface area contributed by atoms with E-state index in [9.17, 15) is 5.11 Å². The summed E-state index contributed by atoms with van der Waals surface area (Å²) in [5.74, 6) is 0.256. The third-order valence-electron chi connectivity index (χ3n) is 4.99. The van der Waals surface area contributed by atoms with Crippen molar-refractivity contribution in [3.63, 3.8) is 0 Å². The maximum absolute atomic E-state index is 9.88. The van der Waals surface area contributed by atoms with E-state index in [1.807, 2.05) is 18.2 Å². The van der Waals surface area contributed by atoms with Gasteiger partial charge < -0.3 is 5.11 Å². The van der Waals surface area contributed by atoms with E-state index in [1.54, 1.807) is 12.1 Å². The van der Waals surface area contributed by atoms with Gasteiger partial charge in [0, 0.05) is 17.5 Å². The zero-order chi connectivity index (χ0) is 17.5. The fourth-order valence-electron chi connectivity index (χ4n) is 3.76. The van der Waals surface area contributed by atoms with Crippen LogP contribution in [0.2, 0.25) is 0 Å². The number of fused-ring (bicyclic) bond motifs is 3. The van der Waals surface area contributed by atoms with Crippen molar-refractivity contribution in [1.82, 2.24) is 4.98 Å². The van der Waals surface area contributed by atoms with Crippen LogP contribution in [0.3, 0.4) is 0 Å². The number of hydrogen-bond acceptors (Lipinski definition) is 2. The number of nitrogens with zero attached hydrogens (tertiary/aromatic N) is 1. The molecule has 1 N–H and O–H groups in total. The minimum atomic E-state index is 0.256. The Bertz CT molecular complexity index is 1120. The van der Waals surface area contributed by atoms with Gasteiger partial charge in [0.2, 0.25) is 0 Å². The van der Waals surface area contributed by atoms with Crippen LogP contribution in [0.15, 0.2) is 84.9 Å². The summed E-state index contributed by atoms with van der Waals surface area (Å²) < 4.78 is 0. The van der Waals surface area contributed by atoms with Gasteiger partial charge in [-0.3, -0.25) is 0 Å². The Labute approximate surface area is 152 Å². The third-order valence-corrected chi connectivity index (χ3v) is 4.99. The number of hydrogen-bond donors (Lipinski definition) is 1. The Balaban J connectivity index is 1.79. The molecule has 0 atom stereocenters. The summed E-state index contributed by atoms with van der Waals surface area (Å²) in [7, 11) is 0. The molecule has 2 nitrogen and oxygen atoms in total. The minimum absolute atomic E-state index is 0.256. The van der Waals surface area contributed by atoms with E-state index >= 15 is 0 Å². The first kappa shape index (κ1) is 14.9. The van der Waals surface area contributed by atoms with Crippen LogP contribution in [0.4, 0.5) is 0 Å². The molecule has 4 aromatic rings. The highest BCUT2D eigenvalue weighted by molar-refractivity contribution is 5.85. The first-order valence-electron chi connectivity index (χ1n) is 8.76. The molecule has 0 spiro atoms. The Morgan fingerprint density at radius 2 is 1.46 bits per heavy atom. The fourth-order valence-corrected chi connectivity index (χ4v) is 3.76. The number of aromatic nitrogens is 1. The van der Waals surface area contributed by atoms with E-state index in [-0.39, 0.29) is 5.75 Å².